The predicted octanol–water partition coefficient (Wildman–Crippen LogP) is 4.88. The summed E-state index contributed by atoms with van der Waals surface area (Å²) in [5.41, 5.74) is 2.63. The molecule has 1 aliphatic heterocycles. The van der Waals surface area contributed by atoms with E-state index in [1.54, 1.807) is 11.3 Å². The molecule has 7 heteroatoms. The number of carbonyl (C=O) groups is 1. The molecule has 0 unspecified atom stereocenters. The Balaban J connectivity index is 0.977. The van der Waals surface area contributed by atoms with Crippen molar-refractivity contribution < 1.29 is 9.32 Å². The van der Waals surface area contributed by atoms with Crippen molar-refractivity contribution in [1.82, 2.24) is 20.4 Å². The van der Waals surface area contributed by atoms with Crippen LogP contribution in [0.15, 0.2) is 17.0 Å². The average Bonchev–Trinajstić information content (AvgIpc) is 3.36. The summed E-state index contributed by atoms with van der Waals surface area (Å²) in [4.78, 5) is 20.3. The van der Waals surface area contributed by atoms with Crippen LogP contribution in [0.3, 0.4) is 0 Å². The van der Waals surface area contributed by atoms with Gasteiger partial charge in [0.15, 0.2) is 0 Å². The van der Waals surface area contributed by atoms with Crippen molar-refractivity contribution in [2.24, 2.45) is 11.8 Å². The van der Waals surface area contributed by atoms with Crippen LogP contribution in [0.5, 0.6) is 0 Å². The van der Waals surface area contributed by atoms with Crippen LogP contribution in [-0.4, -0.2) is 46.6 Å². The molecule has 1 N–H and O–H groups in total. The van der Waals surface area contributed by atoms with Crippen LogP contribution in [-0.2, 0) is 17.6 Å². The molecule has 180 valence electrons. The Kier molecular flexibility index (Phi) is 7.46. The minimum Gasteiger partial charge on any atom is -0.364 e. The third kappa shape index (κ3) is 6.44. The highest BCUT2D eigenvalue weighted by Crippen LogP contribution is 2.37. The number of nitrogens with one attached hydrogen (secondary N) is 1. The van der Waals surface area contributed by atoms with E-state index in [0.29, 0.717) is 18.4 Å². The molecule has 3 heterocycles. The van der Waals surface area contributed by atoms with Gasteiger partial charge in [0.25, 0.3) is 0 Å². The topological polar surface area (TPSA) is 71.3 Å². The molecular formula is C26H38N4O2S. The van der Waals surface area contributed by atoms with Crippen molar-refractivity contribution in [3.8, 4) is 0 Å². The number of likely N-dealkylation sites (tertiary alicyclic amines) is 1. The maximum Gasteiger partial charge on any atom is 0.225 e. The van der Waals surface area contributed by atoms with Gasteiger partial charge in [-0.2, -0.15) is 0 Å². The highest BCUT2D eigenvalue weighted by molar-refractivity contribution is 7.11. The highest BCUT2D eigenvalue weighted by Gasteiger charge is 2.29. The molecule has 2 saturated carbocycles. The van der Waals surface area contributed by atoms with Gasteiger partial charge in [0, 0.05) is 28.6 Å². The zero-order chi connectivity index (χ0) is 22.6. The van der Waals surface area contributed by atoms with E-state index >= 15 is 0 Å². The van der Waals surface area contributed by atoms with E-state index < -0.39 is 0 Å². The number of rotatable bonds is 9. The number of hydrogen-bond donors (Lipinski definition) is 1. The molecule has 5 rings (SSSR count). The zero-order valence-electron chi connectivity index (χ0n) is 19.9. The van der Waals surface area contributed by atoms with Gasteiger partial charge in [0.2, 0.25) is 5.91 Å². The Morgan fingerprint density at radius 2 is 1.88 bits per heavy atom. The lowest BCUT2D eigenvalue weighted by Crippen LogP contribution is -2.39. The maximum atomic E-state index is 12.3. The van der Waals surface area contributed by atoms with Gasteiger partial charge < -0.3 is 14.7 Å². The smallest absolute Gasteiger partial charge is 0.225 e. The lowest BCUT2D eigenvalue weighted by Gasteiger charge is -2.34. The van der Waals surface area contributed by atoms with Gasteiger partial charge in [-0.1, -0.05) is 5.16 Å². The number of aryl methyl sites for hydroxylation is 1. The second kappa shape index (κ2) is 10.7. The Hall–Kier alpha value is -1.73. The van der Waals surface area contributed by atoms with Crippen molar-refractivity contribution in [3.63, 3.8) is 0 Å². The van der Waals surface area contributed by atoms with E-state index in [1.807, 2.05) is 19.4 Å². The minimum atomic E-state index is 0.150. The quantitative estimate of drug-likeness (QED) is 0.566. The van der Waals surface area contributed by atoms with Crippen LogP contribution in [0.1, 0.15) is 84.8 Å². The first-order valence-corrected chi connectivity index (χ1v) is 13.8. The molecule has 0 spiro atoms. The van der Waals surface area contributed by atoms with Crippen LogP contribution < -0.4 is 5.32 Å². The molecule has 0 atom stereocenters. The van der Waals surface area contributed by atoms with E-state index in [2.05, 4.69) is 20.4 Å². The molecule has 3 fully saturated rings. The number of aromatic nitrogens is 2. The summed E-state index contributed by atoms with van der Waals surface area (Å²) in [6, 6.07) is 0.353. The van der Waals surface area contributed by atoms with Crippen LogP contribution in [0.4, 0.5) is 0 Å². The monoisotopic (exact) mass is 470 g/mol. The summed E-state index contributed by atoms with van der Waals surface area (Å²) in [5.74, 6) is 2.42. The molecule has 0 radical (unpaired) electrons. The standard InChI is InChI=1S/C26H38N4O2S/c1-18-27-16-24(33-18)15-25(31)28-23-6-4-19(5-7-23)8-11-30-12-9-21(10-13-30)26-22(17-32-29-26)14-20-2-3-20/h16-17,19-21,23H,2-15H2,1H3,(H,28,31)/t19-,23-. The molecule has 6 nitrogen and oxygen atoms in total. The van der Waals surface area contributed by atoms with Gasteiger partial charge in [-0.15, -0.1) is 11.3 Å². The average molecular weight is 471 g/mol. The lowest BCUT2D eigenvalue weighted by atomic mass is 9.83. The molecular weight excluding hydrogens is 432 g/mol. The molecule has 3 aliphatic rings. The molecule has 1 saturated heterocycles. The predicted molar refractivity (Wildman–Crippen MR) is 130 cm³/mol. The summed E-state index contributed by atoms with van der Waals surface area (Å²) in [6.45, 7) is 5.57. The van der Waals surface area contributed by atoms with Crippen molar-refractivity contribution in [3.05, 3.63) is 33.6 Å². The SMILES string of the molecule is Cc1ncc(CC(=O)N[C@H]2CC[C@H](CCN3CCC(c4nocc4CC4CC4)CC3)CC2)s1. The van der Waals surface area contributed by atoms with Crippen LogP contribution >= 0.6 is 11.3 Å². The summed E-state index contributed by atoms with van der Waals surface area (Å²) < 4.78 is 5.35. The van der Waals surface area contributed by atoms with Crippen LogP contribution in [0.2, 0.25) is 0 Å². The largest absolute Gasteiger partial charge is 0.364 e. The molecule has 2 aromatic rings. The van der Waals surface area contributed by atoms with E-state index in [4.69, 9.17) is 4.52 Å². The first kappa shape index (κ1) is 23.0. The van der Waals surface area contributed by atoms with Crippen molar-refractivity contribution >= 4 is 17.2 Å². The lowest BCUT2D eigenvalue weighted by molar-refractivity contribution is -0.121. The minimum absolute atomic E-state index is 0.150. The molecule has 2 aromatic heterocycles. The third-order valence-electron chi connectivity index (χ3n) is 7.92. The number of nitrogens with zero attached hydrogens (tertiary/aromatic N) is 3. The fraction of sp³-hybridized carbons (Fsp3) is 0.731. The van der Waals surface area contributed by atoms with Gasteiger partial charge in [-0.3, -0.25) is 4.79 Å². The number of amides is 1. The van der Waals surface area contributed by atoms with E-state index in [1.165, 1.54) is 82.3 Å². The normalized spacial score (nSPS) is 24.8. The van der Waals surface area contributed by atoms with Gasteiger partial charge in [0.05, 0.1) is 17.1 Å². The van der Waals surface area contributed by atoms with Crippen molar-refractivity contribution in [1.29, 1.82) is 0 Å². The Bertz CT molecular complexity index is 905. The van der Waals surface area contributed by atoms with E-state index in [9.17, 15) is 4.79 Å². The first-order chi connectivity index (χ1) is 16.1. The second-order valence-corrected chi connectivity index (χ2v) is 11.9. The molecule has 0 aromatic carbocycles. The van der Waals surface area contributed by atoms with Gasteiger partial charge >= 0.3 is 0 Å². The zero-order valence-corrected chi connectivity index (χ0v) is 20.7. The summed E-state index contributed by atoms with van der Waals surface area (Å²) in [7, 11) is 0. The molecule has 1 amide bonds. The Morgan fingerprint density at radius 3 is 2.58 bits per heavy atom. The van der Waals surface area contributed by atoms with E-state index in [-0.39, 0.29) is 5.91 Å². The van der Waals surface area contributed by atoms with Crippen LogP contribution in [0, 0.1) is 18.8 Å². The Labute approximate surface area is 201 Å². The number of carbonyl (C=O) groups excluding carboxylic acids is 1. The van der Waals surface area contributed by atoms with Gasteiger partial charge in [-0.05, 0) is 103 Å². The number of piperidine rings is 1. The van der Waals surface area contributed by atoms with Crippen molar-refractivity contribution in [2.45, 2.75) is 89.5 Å². The Morgan fingerprint density at radius 1 is 1.12 bits per heavy atom. The first-order valence-electron chi connectivity index (χ1n) is 13.0. The molecule has 33 heavy (non-hydrogen) atoms. The van der Waals surface area contributed by atoms with Crippen molar-refractivity contribution in [2.75, 3.05) is 19.6 Å². The third-order valence-corrected chi connectivity index (χ3v) is 8.84. The second-order valence-electron chi connectivity index (χ2n) is 10.6. The molecule has 2 aliphatic carbocycles. The van der Waals surface area contributed by atoms with Gasteiger partial charge in [-0.25, -0.2) is 4.98 Å². The van der Waals surface area contributed by atoms with Gasteiger partial charge in [0.1, 0.15) is 6.26 Å². The maximum absolute atomic E-state index is 12.3. The van der Waals surface area contributed by atoms with Crippen LogP contribution in [0.25, 0.3) is 0 Å². The molecule has 0 bridgehead atoms. The van der Waals surface area contributed by atoms with E-state index in [0.717, 1.165) is 34.6 Å². The fourth-order valence-corrected chi connectivity index (χ4v) is 6.50. The number of hydrogen-bond acceptors (Lipinski definition) is 6. The number of thiazole rings is 1. The summed E-state index contributed by atoms with van der Waals surface area (Å²) in [5, 5.41) is 8.67. The highest BCUT2D eigenvalue weighted by atomic mass is 32.1. The fourth-order valence-electron chi connectivity index (χ4n) is 5.70. The summed E-state index contributed by atoms with van der Waals surface area (Å²) >= 11 is 1.62. The summed E-state index contributed by atoms with van der Waals surface area (Å²) in [6.07, 6.45) is 16.6.